The van der Waals surface area contributed by atoms with Crippen LogP contribution >= 0.6 is 0 Å². The topological polar surface area (TPSA) is 113 Å². The molecule has 0 unspecified atom stereocenters. The highest BCUT2D eigenvalue weighted by atomic mass is 16.2. The molecular formula is C11H12N6O2. The average Bonchev–Trinajstić information content (AvgIpc) is 2.42. The Bertz CT molecular complexity index is 601. The second-order valence-electron chi connectivity index (χ2n) is 3.58. The van der Waals surface area contributed by atoms with Crippen LogP contribution in [0.3, 0.4) is 0 Å². The maximum atomic E-state index is 11.8. The van der Waals surface area contributed by atoms with Crippen molar-refractivity contribution in [3.8, 4) is 0 Å². The Morgan fingerprint density at radius 3 is 2.68 bits per heavy atom. The standard InChI is InChI=1S/C11H12N6O2/c1-2-12-9-6-13-7(5-14-9)11(19)15-8-3-4-10(18)17-16-8/h3-6H,2H2,1H3,(H,12,14)(H,17,18)(H,15,16,19). The number of carbonyl (C=O) groups is 1. The van der Waals surface area contributed by atoms with E-state index in [9.17, 15) is 9.59 Å². The molecule has 98 valence electrons. The maximum absolute atomic E-state index is 11.8. The molecule has 19 heavy (non-hydrogen) atoms. The molecule has 8 nitrogen and oxygen atoms in total. The molecule has 2 heterocycles. The number of aromatic nitrogens is 4. The fraction of sp³-hybridized carbons (Fsp3) is 0.182. The lowest BCUT2D eigenvalue weighted by Crippen LogP contribution is -2.17. The van der Waals surface area contributed by atoms with E-state index in [1.807, 2.05) is 6.92 Å². The van der Waals surface area contributed by atoms with Crippen LogP contribution in [0, 0.1) is 0 Å². The van der Waals surface area contributed by atoms with E-state index in [1.54, 1.807) is 0 Å². The Labute approximate surface area is 108 Å². The smallest absolute Gasteiger partial charge is 0.277 e. The van der Waals surface area contributed by atoms with Gasteiger partial charge in [0.05, 0.1) is 12.4 Å². The Kier molecular flexibility index (Phi) is 3.81. The number of nitrogens with zero attached hydrogens (tertiary/aromatic N) is 3. The third kappa shape index (κ3) is 3.35. The Hall–Kier alpha value is -2.77. The normalized spacial score (nSPS) is 9.95. The quantitative estimate of drug-likeness (QED) is 0.726. The van der Waals surface area contributed by atoms with Gasteiger partial charge in [-0.25, -0.2) is 15.1 Å². The molecule has 2 rings (SSSR count). The molecule has 0 saturated heterocycles. The molecule has 0 aliphatic carbocycles. The van der Waals surface area contributed by atoms with Crippen LogP contribution in [-0.2, 0) is 0 Å². The first kappa shape index (κ1) is 12.7. The summed E-state index contributed by atoms with van der Waals surface area (Å²) in [5.74, 6) is 0.387. The molecule has 0 fully saturated rings. The molecule has 0 saturated carbocycles. The van der Waals surface area contributed by atoms with Crippen molar-refractivity contribution in [2.45, 2.75) is 6.92 Å². The van der Waals surface area contributed by atoms with Crippen molar-refractivity contribution in [2.24, 2.45) is 0 Å². The van der Waals surface area contributed by atoms with Crippen molar-refractivity contribution in [3.63, 3.8) is 0 Å². The third-order valence-electron chi connectivity index (χ3n) is 2.16. The number of anilines is 2. The van der Waals surface area contributed by atoms with Crippen LogP contribution in [0.2, 0.25) is 0 Å². The molecule has 8 heteroatoms. The lowest BCUT2D eigenvalue weighted by molar-refractivity contribution is 0.102. The number of rotatable bonds is 4. The van der Waals surface area contributed by atoms with E-state index in [4.69, 9.17) is 0 Å². The van der Waals surface area contributed by atoms with Crippen molar-refractivity contribution in [2.75, 3.05) is 17.2 Å². The first-order chi connectivity index (χ1) is 9.19. The first-order valence-electron chi connectivity index (χ1n) is 5.62. The number of nitrogens with one attached hydrogen (secondary N) is 3. The second kappa shape index (κ2) is 5.71. The molecule has 3 N–H and O–H groups in total. The van der Waals surface area contributed by atoms with Gasteiger partial charge < -0.3 is 10.6 Å². The van der Waals surface area contributed by atoms with Gasteiger partial charge in [-0.15, -0.1) is 0 Å². The summed E-state index contributed by atoms with van der Waals surface area (Å²) in [7, 11) is 0. The zero-order valence-corrected chi connectivity index (χ0v) is 10.2. The summed E-state index contributed by atoms with van der Waals surface area (Å²) in [4.78, 5) is 30.6. The van der Waals surface area contributed by atoms with Gasteiger partial charge in [-0.1, -0.05) is 0 Å². The molecule has 0 aromatic carbocycles. The SMILES string of the molecule is CCNc1cnc(C(=O)Nc2ccc(=O)[nH]n2)cn1. The lowest BCUT2D eigenvalue weighted by atomic mass is 10.4. The van der Waals surface area contributed by atoms with Gasteiger partial charge >= 0.3 is 0 Å². The number of H-pyrrole nitrogens is 1. The van der Waals surface area contributed by atoms with Crippen molar-refractivity contribution < 1.29 is 4.79 Å². The minimum absolute atomic E-state index is 0.162. The van der Waals surface area contributed by atoms with Crippen LogP contribution in [0.5, 0.6) is 0 Å². The van der Waals surface area contributed by atoms with Crippen LogP contribution < -0.4 is 16.2 Å². The van der Waals surface area contributed by atoms with E-state index >= 15 is 0 Å². The molecule has 0 aliphatic heterocycles. The lowest BCUT2D eigenvalue weighted by Gasteiger charge is -2.04. The highest BCUT2D eigenvalue weighted by Crippen LogP contribution is 2.03. The molecule has 0 aliphatic rings. The zero-order valence-electron chi connectivity index (χ0n) is 10.2. The average molecular weight is 260 g/mol. The fourth-order valence-corrected chi connectivity index (χ4v) is 1.31. The predicted octanol–water partition coefficient (Wildman–Crippen LogP) is 0.244. The van der Waals surface area contributed by atoms with Crippen LogP contribution in [-0.4, -0.2) is 32.6 Å². The van der Waals surface area contributed by atoms with Gasteiger partial charge in [0.2, 0.25) is 0 Å². The van der Waals surface area contributed by atoms with Gasteiger partial charge in [0.15, 0.2) is 5.82 Å². The van der Waals surface area contributed by atoms with E-state index in [0.29, 0.717) is 5.82 Å². The third-order valence-corrected chi connectivity index (χ3v) is 2.16. The first-order valence-corrected chi connectivity index (χ1v) is 5.62. The largest absolute Gasteiger partial charge is 0.369 e. The highest BCUT2D eigenvalue weighted by molar-refractivity contribution is 6.02. The van der Waals surface area contributed by atoms with Gasteiger partial charge in [0.1, 0.15) is 11.5 Å². The fourth-order valence-electron chi connectivity index (χ4n) is 1.31. The van der Waals surface area contributed by atoms with Crippen LogP contribution in [0.1, 0.15) is 17.4 Å². The summed E-state index contributed by atoms with van der Waals surface area (Å²) < 4.78 is 0. The Morgan fingerprint density at radius 2 is 2.11 bits per heavy atom. The second-order valence-corrected chi connectivity index (χ2v) is 3.58. The summed E-state index contributed by atoms with van der Waals surface area (Å²) in [6, 6.07) is 2.67. The van der Waals surface area contributed by atoms with E-state index < -0.39 is 5.91 Å². The predicted molar refractivity (Wildman–Crippen MR) is 69.0 cm³/mol. The van der Waals surface area contributed by atoms with Gasteiger partial charge in [0, 0.05) is 12.6 Å². The van der Waals surface area contributed by atoms with E-state index in [1.165, 1.54) is 24.5 Å². The molecule has 1 amide bonds. The summed E-state index contributed by atoms with van der Waals surface area (Å²) in [5, 5.41) is 11.3. The summed E-state index contributed by atoms with van der Waals surface area (Å²) in [5.41, 5.74) is -0.178. The minimum Gasteiger partial charge on any atom is -0.369 e. The Balaban J connectivity index is 2.07. The van der Waals surface area contributed by atoms with Crippen LogP contribution in [0.15, 0.2) is 29.3 Å². The molecule has 0 atom stereocenters. The van der Waals surface area contributed by atoms with Gasteiger partial charge in [-0.05, 0) is 13.0 Å². The monoisotopic (exact) mass is 260 g/mol. The van der Waals surface area contributed by atoms with Crippen molar-refractivity contribution in [1.29, 1.82) is 0 Å². The van der Waals surface area contributed by atoms with Gasteiger partial charge in [-0.2, -0.15) is 5.10 Å². The summed E-state index contributed by atoms with van der Waals surface area (Å²) >= 11 is 0. The van der Waals surface area contributed by atoms with E-state index in [0.717, 1.165) is 6.54 Å². The zero-order chi connectivity index (χ0) is 13.7. The van der Waals surface area contributed by atoms with Crippen LogP contribution in [0.25, 0.3) is 0 Å². The Morgan fingerprint density at radius 1 is 1.26 bits per heavy atom. The van der Waals surface area contributed by atoms with Gasteiger partial charge in [0.25, 0.3) is 11.5 Å². The van der Waals surface area contributed by atoms with E-state index in [2.05, 4.69) is 30.8 Å². The molecule has 0 radical (unpaired) electrons. The highest BCUT2D eigenvalue weighted by Gasteiger charge is 2.09. The van der Waals surface area contributed by atoms with Crippen molar-refractivity contribution in [3.05, 3.63) is 40.6 Å². The number of amides is 1. The summed E-state index contributed by atoms with van der Waals surface area (Å²) in [6.07, 6.45) is 2.83. The number of carbonyl (C=O) groups excluding carboxylic acids is 1. The minimum atomic E-state index is -0.449. The maximum Gasteiger partial charge on any atom is 0.277 e. The molecule has 2 aromatic heterocycles. The molecule has 0 spiro atoms. The van der Waals surface area contributed by atoms with Crippen molar-refractivity contribution >= 4 is 17.5 Å². The van der Waals surface area contributed by atoms with Crippen molar-refractivity contribution in [1.82, 2.24) is 20.2 Å². The molecular weight excluding hydrogens is 248 g/mol. The molecule has 2 aromatic rings. The number of aromatic amines is 1. The summed E-state index contributed by atoms with van der Waals surface area (Å²) in [6.45, 7) is 2.66. The van der Waals surface area contributed by atoms with Crippen LogP contribution in [0.4, 0.5) is 11.6 Å². The molecule has 0 bridgehead atoms. The number of hydrogen-bond donors (Lipinski definition) is 3. The van der Waals surface area contributed by atoms with E-state index in [-0.39, 0.29) is 17.1 Å². The number of hydrogen-bond acceptors (Lipinski definition) is 6. The van der Waals surface area contributed by atoms with Gasteiger partial charge in [-0.3, -0.25) is 9.59 Å².